The Hall–Kier alpha value is -1.75. The van der Waals surface area contributed by atoms with Crippen LogP contribution in [0, 0.1) is 29.6 Å². The van der Waals surface area contributed by atoms with Crippen molar-refractivity contribution in [2.75, 3.05) is 0 Å². The summed E-state index contributed by atoms with van der Waals surface area (Å²) in [5.41, 5.74) is -0.738. The molecule has 5 rings (SSSR count). The molecular weight excluding hydrogens is 458 g/mol. The van der Waals surface area contributed by atoms with Crippen LogP contribution in [-0.2, 0) is 38.4 Å². The number of rotatable bonds is 8. The van der Waals surface area contributed by atoms with E-state index in [-0.39, 0.29) is 36.5 Å². The van der Waals surface area contributed by atoms with Gasteiger partial charge < -0.3 is 24.6 Å². The molecule has 5 fully saturated rings. The molecule has 0 aromatic carbocycles. The van der Waals surface area contributed by atoms with Gasteiger partial charge in [0.25, 0.3) is 0 Å². The number of fused-ring (bicyclic) bond motifs is 2. The number of amides is 1. The quantitative estimate of drug-likeness (QED) is 0.384. The number of hydrogen-bond acceptors (Lipinski definition) is 8. The van der Waals surface area contributed by atoms with Gasteiger partial charge in [0.2, 0.25) is 18.0 Å². The van der Waals surface area contributed by atoms with Crippen molar-refractivity contribution in [1.29, 1.82) is 0 Å². The van der Waals surface area contributed by atoms with Gasteiger partial charge in [0.05, 0.1) is 6.42 Å². The Morgan fingerprint density at radius 2 is 1.83 bits per heavy atom. The first-order valence-electron chi connectivity index (χ1n) is 12.9. The standard InChI is InChI=1S/C25H39NO9/c1-13(2)12-18(21(29)30)26-19(27)8-9-20(28)31-22-15(4)17-7-6-14(3)16-10-11-24(5)33-23(32-22)25(16,17)35-34-24/h13-18,22-23H,6-12H2,1-5H3,(H,26,27)(H,29,30)/t14-,15-,16+,17+,18?,22-,23-,24+,25?/m1/s1. The van der Waals surface area contributed by atoms with Crippen molar-refractivity contribution in [2.45, 2.75) is 110 Å². The lowest BCUT2D eigenvalue weighted by molar-refractivity contribution is -0.576. The highest BCUT2D eigenvalue weighted by atomic mass is 17.3. The molecule has 0 aromatic rings. The summed E-state index contributed by atoms with van der Waals surface area (Å²) in [6.45, 7) is 9.81. The lowest BCUT2D eigenvalue weighted by Gasteiger charge is -2.59. The molecule has 2 unspecified atom stereocenters. The molecule has 0 aromatic heterocycles. The average Bonchev–Trinajstić information content (AvgIpc) is 3.01. The molecule has 10 nitrogen and oxygen atoms in total. The van der Waals surface area contributed by atoms with Crippen LogP contribution >= 0.6 is 0 Å². The third-order valence-corrected chi connectivity index (χ3v) is 8.24. The monoisotopic (exact) mass is 497 g/mol. The number of ether oxygens (including phenoxy) is 3. The largest absolute Gasteiger partial charge is 0.480 e. The molecule has 4 heterocycles. The zero-order chi connectivity index (χ0) is 25.5. The van der Waals surface area contributed by atoms with Gasteiger partial charge in [-0.3, -0.25) is 9.59 Å². The van der Waals surface area contributed by atoms with Crippen LogP contribution in [0.15, 0.2) is 0 Å². The number of carbonyl (C=O) groups excluding carboxylic acids is 2. The molecule has 2 N–H and O–H groups in total. The Morgan fingerprint density at radius 3 is 2.51 bits per heavy atom. The highest BCUT2D eigenvalue weighted by molar-refractivity contribution is 5.85. The van der Waals surface area contributed by atoms with Gasteiger partial charge in [-0.25, -0.2) is 14.6 Å². The molecule has 4 saturated heterocycles. The molecule has 1 saturated carbocycles. The van der Waals surface area contributed by atoms with Crippen LogP contribution in [0.4, 0.5) is 0 Å². The summed E-state index contributed by atoms with van der Waals surface area (Å²) in [5.74, 6) is -2.46. The number of nitrogens with one attached hydrogen (secondary N) is 1. The summed E-state index contributed by atoms with van der Waals surface area (Å²) in [6.07, 6.45) is 1.95. The smallest absolute Gasteiger partial charge is 0.326 e. The Morgan fingerprint density at radius 1 is 1.09 bits per heavy atom. The van der Waals surface area contributed by atoms with Crippen LogP contribution in [0.3, 0.4) is 0 Å². The first-order valence-corrected chi connectivity index (χ1v) is 12.9. The first-order chi connectivity index (χ1) is 16.4. The number of carbonyl (C=O) groups is 3. The summed E-state index contributed by atoms with van der Waals surface area (Å²) in [4.78, 5) is 48.1. The molecule has 35 heavy (non-hydrogen) atoms. The van der Waals surface area contributed by atoms with Crippen LogP contribution in [0.25, 0.3) is 0 Å². The fraction of sp³-hybridized carbons (Fsp3) is 0.880. The molecule has 4 aliphatic heterocycles. The third-order valence-electron chi connectivity index (χ3n) is 8.24. The maximum atomic E-state index is 12.6. The summed E-state index contributed by atoms with van der Waals surface area (Å²) in [5, 5.41) is 11.8. The Kier molecular flexibility index (Phi) is 7.48. The van der Waals surface area contributed by atoms with Gasteiger partial charge in [0.1, 0.15) is 6.04 Å². The second-order valence-electron chi connectivity index (χ2n) is 11.4. The minimum Gasteiger partial charge on any atom is -0.480 e. The molecule has 0 radical (unpaired) electrons. The van der Waals surface area contributed by atoms with Gasteiger partial charge in [-0.2, -0.15) is 0 Å². The van der Waals surface area contributed by atoms with Crippen molar-refractivity contribution >= 4 is 17.8 Å². The lowest BCUT2D eigenvalue weighted by Crippen LogP contribution is -2.70. The summed E-state index contributed by atoms with van der Waals surface area (Å²) < 4.78 is 18.2. The van der Waals surface area contributed by atoms with Crippen LogP contribution in [0.2, 0.25) is 0 Å². The number of aliphatic carboxylic acids is 1. The summed E-state index contributed by atoms with van der Waals surface area (Å²) >= 11 is 0. The van der Waals surface area contributed by atoms with Crippen LogP contribution in [0.1, 0.15) is 79.6 Å². The molecule has 1 amide bonds. The van der Waals surface area contributed by atoms with Gasteiger partial charge in [-0.15, -0.1) is 0 Å². The molecule has 5 aliphatic rings. The highest BCUT2D eigenvalue weighted by Gasteiger charge is 2.69. The molecule has 9 atom stereocenters. The second-order valence-corrected chi connectivity index (χ2v) is 11.4. The third kappa shape index (κ3) is 5.08. The number of esters is 1. The van der Waals surface area contributed by atoms with E-state index in [0.29, 0.717) is 18.8 Å². The molecular formula is C25H39NO9. The van der Waals surface area contributed by atoms with E-state index in [1.807, 2.05) is 27.7 Å². The van der Waals surface area contributed by atoms with Crippen molar-refractivity contribution < 1.29 is 43.5 Å². The van der Waals surface area contributed by atoms with Crippen LogP contribution < -0.4 is 5.32 Å². The predicted octanol–water partition coefficient (Wildman–Crippen LogP) is 3.13. The Balaban J connectivity index is 1.38. The van der Waals surface area contributed by atoms with Crippen molar-refractivity contribution in [3.05, 3.63) is 0 Å². The van der Waals surface area contributed by atoms with Crippen LogP contribution in [-0.4, -0.2) is 53.0 Å². The fourth-order valence-electron chi connectivity index (χ4n) is 6.37. The fourth-order valence-corrected chi connectivity index (χ4v) is 6.37. The Bertz CT molecular complexity index is 834. The van der Waals surface area contributed by atoms with Crippen molar-refractivity contribution in [1.82, 2.24) is 5.32 Å². The zero-order valence-electron chi connectivity index (χ0n) is 21.3. The maximum Gasteiger partial charge on any atom is 0.326 e. The summed E-state index contributed by atoms with van der Waals surface area (Å²) in [7, 11) is 0. The lowest BCUT2D eigenvalue weighted by atomic mass is 9.58. The van der Waals surface area contributed by atoms with E-state index in [4.69, 9.17) is 24.0 Å². The molecule has 10 heteroatoms. The molecule has 2 bridgehead atoms. The number of carboxylic acid groups (broad SMARTS) is 1. The van der Waals surface area contributed by atoms with Gasteiger partial charge >= 0.3 is 11.9 Å². The van der Waals surface area contributed by atoms with E-state index < -0.39 is 47.9 Å². The van der Waals surface area contributed by atoms with E-state index in [1.54, 1.807) is 0 Å². The topological polar surface area (TPSA) is 130 Å². The van der Waals surface area contributed by atoms with Gasteiger partial charge in [0.15, 0.2) is 11.9 Å². The van der Waals surface area contributed by atoms with E-state index in [2.05, 4.69) is 12.2 Å². The SMILES string of the molecule is CC(C)CC(NC(=O)CCC(=O)O[C@@H]1O[C@@H]2O[C@]3(C)CC[C@H]4[C@H](C)CC[C@@H]([C@H]1C)C24OO3)C(=O)O. The van der Waals surface area contributed by atoms with Gasteiger partial charge in [0, 0.05) is 24.7 Å². The maximum absolute atomic E-state index is 12.6. The Labute approximate surface area is 206 Å². The predicted molar refractivity (Wildman–Crippen MR) is 121 cm³/mol. The van der Waals surface area contributed by atoms with Crippen molar-refractivity contribution in [3.8, 4) is 0 Å². The average molecular weight is 498 g/mol. The van der Waals surface area contributed by atoms with Crippen LogP contribution in [0.5, 0.6) is 0 Å². The highest BCUT2D eigenvalue weighted by Crippen LogP contribution is 2.60. The number of hydrogen-bond donors (Lipinski definition) is 2. The zero-order valence-corrected chi connectivity index (χ0v) is 21.3. The van der Waals surface area contributed by atoms with E-state index in [0.717, 1.165) is 19.3 Å². The van der Waals surface area contributed by atoms with E-state index in [1.165, 1.54) is 0 Å². The minimum atomic E-state index is -1.09. The van der Waals surface area contributed by atoms with Crippen molar-refractivity contribution in [3.63, 3.8) is 0 Å². The van der Waals surface area contributed by atoms with Gasteiger partial charge in [-0.05, 0) is 50.4 Å². The van der Waals surface area contributed by atoms with E-state index in [9.17, 15) is 19.5 Å². The van der Waals surface area contributed by atoms with E-state index >= 15 is 0 Å². The molecule has 198 valence electrons. The van der Waals surface area contributed by atoms with Crippen molar-refractivity contribution in [2.24, 2.45) is 29.6 Å². The molecule has 1 aliphatic carbocycles. The second kappa shape index (κ2) is 9.95. The number of carboxylic acids is 1. The molecule has 1 spiro atoms. The normalized spacial score (nSPS) is 41.0. The first kappa shape index (κ1) is 26.3. The minimum absolute atomic E-state index is 0.0264. The van der Waals surface area contributed by atoms with Gasteiger partial charge in [-0.1, -0.05) is 27.7 Å². The summed E-state index contributed by atoms with van der Waals surface area (Å²) in [6, 6.07) is -0.982.